The maximum Gasteiger partial charge on any atom is 0.236 e. The number of nitrogens with one attached hydrogen (secondary N) is 1. The molecule has 7 heteroatoms. The summed E-state index contributed by atoms with van der Waals surface area (Å²) in [5.41, 5.74) is 1.59. The van der Waals surface area contributed by atoms with Crippen LogP contribution in [0.1, 0.15) is 5.56 Å². The Hall–Kier alpha value is -1.76. The van der Waals surface area contributed by atoms with Crippen molar-refractivity contribution >= 4 is 29.2 Å². The van der Waals surface area contributed by atoms with Gasteiger partial charge in [0.05, 0.1) is 12.1 Å². The molecule has 1 amide bonds. The van der Waals surface area contributed by atoms with Gasteiger partial charge in [-0.25, -0.2) is 4.39 Å². The largest absolute Gasteiger partial charge is 0.339 e. The highest BCUT2D eigenvalue weighted by molar-refractivity contribution is 5.85. The molecule has 1 N–H and O–H groups in total. The average molecular weight is 353 g/mol. The number of carbonyl (C=O) groups excluding carboxylic acids is 1. The molecule has 0 unspecified atom stereocenters. The first kappa shape index (κ1) is 18.6. The number of rotatable bonds is 4. The molecular weight excluding hydrogens is 331 g/mol. The van der Waals surface area contributed by atoms with E-state index in [9.17, 15) is 9.18 Å². The van der Waals surface area contributed by atoms with E-state index in [1.807, 2.05) is 16.8 Å². The lowest BCUT2D eigenvalue weighted by Crippen LogP contribution is -2.49. The second-order valence-electron chi connectivity index (χ2n) is 5.91. The molecule has 1 aliphatic heterocycles. The Bertz CT molecular complexity index is 706. The Labute approximate surface area is 147 Å². The molecule has 0 aliphatic carbocycles. The van der Waals surface area contributed by atoms with E-state index in [4.69, 9.17) is 0 Å². The Morgan fingerprint density at radius 3 is 2.83 bits per heavy atom. The number of likely N-dealkylation sites (N-methyl/N-ethyl adjacent to an activating group) is 1. The van der Waals surface area contributed by atoms with E-state index >= 15 is 0 Å². The van der Waals surface area contributed by atoms with Crippen LogP contribution in [0.3, 0.4) is 0 Å². The van der Waals surface area contributed by atoms with Gasteiger partial charge >= 0.3 is 0 Å². The minimum atomic E-state index is -0.267. The summed E-state index contributed by atoms with van der Waals surface area (Å²) in [7, 11) is 1.90. The molecular formula is C17H22ClFN4O. The van der Waals surface area contributed by atoms with Gasteiger partial charge in [0.1, 0.15) is 5.82 Å². The molecule has 2 aromatic rings. The Morgan fingerprint density at radius 2 is 2.08 bits per heavy atom. The van der Waals surface area contributed by atoms with Gasteiger partial charge in [0, 0.05) is 44.3 Å². The normalized spacial score (nSPS) is 14.7. The number of piperazine rings is 1. The summed E-state index contributed by atoms with van der Waals surface area (Å²) >= 11 is 0. The number of fused-ring (bicyclic) bond motifs is 1. The van der Waals surface area contributed by atoms with E-state index in [2.05, 4.69) is 10.3 Å². The smallest absolute Gasteiger partial charge is 0.236 e. The number of hydrogen-bond acceptors (Lipinski definition) is 4. The summed E-state index contributed by atoms with van der Waals surface area (Å²) in [4.78, 5) is 20.4. The average Bonchev–Trinajstić information content (AvgIpc) is 2.58. The van der Waals surface area contributed by atoms with Crippen LogP contribution in [0.4, 0.5) is 4.39 Å². The summed E-state index contributed by atoms with van der Waals surface area (Å²) in [6.45, 7) is 4.13. The number of nitrogens with zero attached hydrogens (tertiary/aromatic N) is 3. The molecule has 2 heterocycles. The van der Waals surface area contributed by atoms with Crippen molar-refractivity contribution in [2.24, 2.45) is 0 Å². The SMILES string of the molecule is CN(CC(=O)N1CCNCC1)Cc1ccc(F)c2cccnc12.Cl. The molecule has 1 fully saturated rings. The van der Waals surface area contributed by atoms with E-state index in [0.717, 1.165) is 31.7 Å². The van der Waals surface area contributed by atoms with Crippen molar-refractivity contribution in [2.45, 2.75) is 6.54 Å². The number of hydrogen-bond donors (Lipinski definition) is 1. The lowest BCUT2D eigenvalue weighted by atomic mass is 10.1. The number of aromatic nitrogens is 1. The van der Waals surface area contributed by atoms with Crippen LogP contribution in [0.15, 0.2) is 30.5 Å². The van der Waals surface area contributed by atoms with Crippen LogP contribution in [0.5, 0.6) is 0 Å². The van der Waals surface area contributed by atoms with Crippen molar-refractivity contribution in [3.8, 4) is 0 Å². The third-order valence-corrected chi connectivity index (χ3v) is 4.12. The summed E-state index contributed by atoms with van der Waals surface area (Å²) in [6, 6.07) is 6.67. The lowest BCUT2D eigenvalue weighted by molar-refractivity contribution is -0.132. The van der Waals surface area contributed by atoms with Gasteiger partial charge in [0.15, 0.2) is 0 Å². The molecule has 1 aromatic heterocycles. The monoisotopic (exact) mass is 352 g/mol. The molecule has 0 radical (unpaired) electrons. The van der Waals surface area contributed by atoms with Gasteiger partial charge in [-0.3, -0.25) is 14.7 Å². The highest BCUT2D eigenvalue weighted by atomic mass is 35.5. The number of carbonyl (C=O) groups is 1. The van der Waals surface area contributed by atoms with E-state index in [1.165, 1.54) is 6.07 Å². The fourth-order valence-electron chi connectivity index (χ4n) is 2.92. The molecule has 1 aromatic carbocycles. The number of halogens is 2. The summed E-state index contributed by atoms with van der Waals surface area (Å²) in [6.07, 6.45) is 1.66. The quantitative estimate of drug-likeness (QED) is 0.909. The second kappa shape index (κ2) is 8.37. The third-order valence-electron chi connectivity index (χ3n) is 4.12. The first-order valence-electron chi connectivity index (χ1n) is 7.84. The minimum Gasteiger partial charge on any atom is -0.339 e. The van der Waals surface area contributed by atoms with Gasteiger partial charge in [0.25, 0.3) is 0 Å². The summed E-state index contributed by atoms with van der Waals surface area (Å²) < 4.78 is 13.8. The third kappa shape index (κ3) is 4.20. The standard InChI is InChI=1S/C17H21FN4O.ClH/c1-21(12-16(23)22-9-7-19-8-10-22)11-13-4-5-15(18)14-3-2-6-20-17(13)14;/h2-6,19H,7-12H2,1H3;1H. The van der Waals surface area contributed by atoms with Gasteiger partial charge in [-0.15, -0.1) is 12.4 Å². The van der Waals surface area contributed by atoms with Gasteiger partial charge in [0.2, 0.25) is 5.91 Å². The van der Waals surface area contributed by atoms with Gasteiger partial charge in [-0.1, -0.05) is 6.07 Å². The topological polar surface area (TPSA) is 48.5 Å². The highest BCUT2D eigenvalue weighted by Crippen LogP contribution is 2.20. The Morgan fingerprint density at radius 1 is 1.33 bits per heavy atom. The Balaban J connectivity index is 0.00000208. The molecule has 130 valence electrons. The van der Waals surface area contributed by atoms with Crippen molar-refractivity contribution in [1.82, 2.24) is 20.1 Å². The van der Waals surface area contributed by atoms with Crippen molar-refractivity contribution in [1.29, 1.82) is 0 Å². The number of benzene rings is 1. The molecule has 0 saturated carbocycles. The van der Waals surface area contributed by atoms with Crippen LogP contribution >= 0.6 is 12.4 Å². The number of pyridine rings is 1. The first-order valence-corrected chi connectivity index (χ1v) is 7.84. The minimum absolute atomic E-state index is 0. The van der Waals surface area contributed by atoms with Crippen LogP contribution in [0.25, 0.3) is 10.9 Å². The molecule has 0 bridgehead atoms. The van der Waals surface area contributed by atoms with Gasteiger partial charge in [-0.05, 0) is 30.8 Å². The zero-order valence-corrected chi connectivity index (χ0v) is 14.5. The zero-order chi connectivity index (χ0) is 16.2. The molecule has 24 heavy (non-hydrogen) atoms. The molecule has 3 rings (SSSR count). The van der Waals surface area contributed by atoms with E-state index in [1.54, 1.807) is 24.4 Å². The maximum absolute atomic E-state index is 13.8. The van der Waals surface area contributed by atoms with Crippen LogP contribution in [-0.4, -0.2) is 60.5 Å². The van der Waals surface area contributed by atoms with Crippen LogP contribution < -0.4 is 5.32 Å². The number of amides is 1. The second-order valence-corrected chi connectivity index (χ2v) is 5.91. The highest BCUT2D eigenvalue weighted by Gasteiger charge is 2.18. The summed E-state index contributed by atoms with van der Waals surface area (Å²) in [5, 5.41) is 3.76. The summed E-state index contributed by atoms with van der Waals surface area (Å²) in [5.74, 6) is -0.134. The van der Waals surface area contributed by atoms with Crippen molar-refractivity contribution < 1.29 is 9.18 Å². The van der Waals surface area contributed by atoms with Crippen LogP contribution in [-0.2, 0) is 11.3 Å². The van der Waals surface area contributed by atoms with E-state index in [0.29, 0.717) is 24.0 Å². The van der Waals surface area contributed by atoms with E-state index in [-0.39, 0.29) is 24.1 Å². The molecule has 0 spiro atoms. The maximum atomic E-state index is 13.8. The molecule has 1 aliphatic rings. The fraction of sp³-hybridized carbons (Fsp3) is 0.412. The van der Waals surface area contributed by atoms with E-state index < -0.39 is 0 Å². The zero-order valence-electron chi connectivity index (χ0n) is 13.7. The molecule has 5 nitrogen and oxygen atoms in total. The fourth-order valence-corrected chi connectivity index (χ4v) is 2.92. The molecule has 0 atom stereocenters. The van der Waals surface area contributed by atoms with Gasteiger partial charge in [-0.2, -0.15) is 0 Å². The van der Waals surface area contributed by atoms with Gasteiger partial charge < -0.3 is 10.2 Å². The van der Waals surface area contributed by atoms with Crippen molar-refractivity contribution in [3.05, 3.63) is 41.8 Å². The predicted molar refractivity (Wildman–Crippen MR) is 94.7 cm³/mol. The van der Waals surface area contributed by atoms with Crippen molar-refractivity contribution in [3.63, 3.8) is 0 Å². The first-order chi connectivity index (χ1) is 11.1. The van der Waals surface area contributed by atoms with Crippen LogP contribution in [0, 0.1) is 5.82 Å². The van der Waals surface area contributed by atoms with Crippen LogP contribution in [0.2, 0.25) is 0 Å². The van der Waals surface area contributed by atoms with Crippen molar-refractivity contribution in [2.75, 3.05) is 39.8 Å². The lowest BCUT2D eigenvalue weighted by Gasteiger charge is -2.29. The molecule has 1 saturated heterocycles. The Kier molecular flexibility index (Phi) is 6.48. The predicted octanol–water partition coefficient (Wildman–Crippen LogP) is 1.66.